The molecule has 0 radical (unpaired) electrons. The molecule has 3 heterocycles. The lowest BCUT2D eigenvalue weighted by Gasteiger charge is -2.17. The van der Waals surface area contributed by atoms with Crippen molar-refractivity contribution >= 4 is 40.5 Å². The molecule has 0 bridgehead atoms. The summed E-state index contributed by atoms with van der Waals surface area (Å²) >= 11 is 1.61. The molecule has 1 aliphatic rings. The molecule has 9 nitrogen and oxygen atoms in total. The number of benzene rings is 1. The van der Waals surface area contributed by atoms with Crippen molar-refractivity contribution in [3.8, 4) is 0 Å². The first-order valence-corrected chi connectivity index (χ1v) is 11.7. The lowest BCUT2D eigenvalue weighted by Crippen LogP contribution is -2.27. The van der Waals surface area contributed by atoms with Crippen LogP contribution in [0.4, 0.5) is 5.82 Å². The average molecular weight is 455 g/mol. The number of hydrogen-bond acceptors (Lipinski definition) is 8. The molecule has 32 heavy (non-hydrogen) atoms. The fourth-order valence-electron chi connectivity index (χ4n) is 3.70. The topological polar surface area (TPSA) is 102 Å². The number of methoxy groups -OCH3 is 1. The van der Waals surface area contributed by atoms with Gasteiger partial charge in [-0.2, -0.15) is 5.10 Å². The van der Waals surface area contributed by atoms with Crippen molar-refractivity contribution < 1.29 is 14.3 Å². The molecule has 0 spiro atoms. The third kappa shape index (κ3) is 4.69. The van der Waals surface area contributed by atoms with E-state index in [-0.39, 0.29) is 5.91 Å². The highest BCUT2D eigenvalue weighted by molar-refractivity contribution is 7.99. The number of fused-ring (bicyclic) bond motifs is 1. The highest BCUT2D eigenvalue weighted by atomic mass is 32.2. The molecule has 1 aliphatic heterocycles. The average Bonchev–Trinajstić information content (AvgIpc) is 3.49. The lowest BCUT2D eigenvalue weighted by molar-refractivity contribution is 0.0600. The van der Waals surface area contributed by atoms with Crippen LogP contribution in [0.25, 0.3) is 11.0 Å². The normalized spacial score (nSPS) is 13.5. The van der Waals surface area contributed by atoms with E-state index in [0.717, 1.165) is 40.9 Å². The molecule has 168 valence electrons. The van der Waals surface area contributed by atoms with Gasteiger partial charge in [0.1, 0.15) is 5.82 Å². The summed E-state index contributed by atoms with van der Waals surface area (Å²) in [6.07, 6.45) is 4.15. The van der Waals surface area contributed by atoms with Gasteiger partial charge in [0.2, 0.25) is 0 Å². The number of ether oxygens (including phenoxy) is 1. The maximum atomic E-state index is 12.5. The van der Waals surface area contributed by atoms with Crippen LogP contribution < -0.4 is 10.2 Å². The number of rotatable bonds is 8. The van der Waals surface area contributed by atoms with Gasteiger partial charge < -0.3 is 15.0 Å². The standard InChI is InChI=1S/C22H26N6O3S/c1-3-32-22-25-18(27-11-4-5-12-27)17-14-24-28(19(17)26-22)13-10-23-20(29)15-6-8-16(9-7-15)21(30)31-2/h6-9,14H,3-5,10-13H2,1-2H3,(H,23,29). The molecule has 1 N–H and O–H groups in total. The monoisotopic (exact) mass is 454 g/mol. The maximum absolute atomic E-state index is 12.5. The fraction of sp³-hybridized carbons (Fsp3) is 0.409. The van der Waals surface area contributed by atoms with E-state index >= 15 is 0 Å². The molecule has 0 aliphatic carbocycles. The second-order valence-corrected chi connectivity index (χ2v) is 8.62. The van der Waals surface area contributed by atoms with Gasteiger partial charge in [0.05, 0.1) is 30.8 Å². The van der Waals surface area contributed by atoms with Gasteiger partial charge in [-0.05, 0) is 42.9 Å². The number of aromatic nitrogens is 4. The minimum absolute atomic E-state index is 0.215. The van der Waals surface area contributed by atoms with Gasteiger partial charge in [-0.1, -0.05) is 18.7 Å². The van der Waals surface area contributed by atoms with E-state index in [9.17, 15) is 9.59 Å². The van der Waals surface area contributed by atoms with Crippen LogP contribution in [-0.4, -0.2) is 64.1 Å². The number of carbonyl (C=O) groups is 2. The zero-order valence-corrected chi connectivity index (χ0v) is 19.0. The van der Waals surface area contributed by atoms with Crippen LogP contribution in [0, 0.1) is 0 Å². The summed E-state index contributed by atoms with van der Waals surface area (Å²) in [6, 6.07) is 6.36. The van der Waals surface area contributed by atoms with Crippen LogP contribution >= 0.6 is 11.8 Å². The summed E-state index contributed by atoms with van der Waals surface area (Å²) in [5, 5.41) is 9.10. The summed E-state index contributed by atoms with van der Waals surface area (Å²) in [6.45, 7) is 4.96. The number of nitrogens with zero attached hydrogens (tertiary/aromatic N) is 5. The highest BCUT2D eigenvalue weighted by Crippen LogP contribution is 2.29. The molecule has 1 aromatic carbocycles. The van der Waals surface area contributed by atoms with Crippen molar-refractivity contribution in [2.45, 2.75) is 31.5 Å². The first kappa shape index (κ1) is 22.1. The van der Waals surface area contributed by atoms with E-state index in [1.165, 1.54) is 20.0 Å². The minimum Gasteiger partial charge on any atom is -0.465 e. The Hall–Kier alpha value is -3.14. The Bertz CT molecular complexity index is 1110. The Balaban J connectivity index is 1.46. The molecule has 0 atom stereocenters. The van der Waals surface area contributed by atoms with Crippen LogP contribution in [0.1, 0.15) is 40.5 Å². The van der Waals surface area contributed by atoms with Crippen LogP contribution in [0.5, 0.6) is 0 Å². The molecule has 4 rings (SSSR count). The largest absolute Gasteiger partial charge is 0.465 e. The molecule has 2 aromatic heterocycles. The quantitative estimate of drug-likeness (QED) is 0.315. The Labute approximate surface area is 190 Å². The fourth-order valence-corrected chi connectivity index (χ4v) is 4.26. The highest BCUT2D eigenvalue weighted by Gasteiger charge is 2.20. The van der Waals surface area contributed by atoms with Crippen molar-refractivity contribution in [3.05, 3.63) is 41.6 Å². The van der Waals surface area contributed by atoms with Gasteiger partial charge >= 0.3 is 5.97 Å². The summed E-state index contributed by atoms with van der Waals surface area (Å²) in [5.41, 5.74) is 1.67. The molecule has 1 amide bonds. The lowest BCUT2D eigenvalue weighted by atomic mass is 10.1. The van der Waals surface area contributed by atoms with Gasteiger partial charge in [-0.15, -0.1) is 0 Å². The van der Waals surface area contributed by atoms with Crippen LogP contribution in [-0.2, 0) is 11.3 Å². The van der Waals surface area contributed by atoms with E-state index < -0.39 is 5.97 Å². The zero-order valence-electron chi connectivity index (χ0n) is 18.2. The molecular formula is C22H26N6O3S. The zero-order chi connectivity index (χ0) is 22.5. The third-order valence-corrected chi connectivity index (χ3v) is 6.04. The Morgan fingerprint density at radius 3 is 2.53 bits per heavy atom. The number of hydrogen-bond donors (Lipinski definition) is 1. The summed E-state index contributed by atoms with van der Waals surface area (Å²) < 4.78 is 6.49. The molecule has 10 heteroatoms. The predicted molar refractivity (Wildman–Crippen MR) is 123 cm³/mol. The molecule has 0 saturated carbocycles. The van der Waals surface area contributed by atoms with Crippen LogP contribution in [0.2, 0.25) is 0 Å². The first-order chi connectivity index (χ1) is 15.6. The molecule has 1 fully saturated rings. The van der Waals surface area contributed by atoms with E-state index in [2.05, 4.69) is 27.0 Å². The van der Waals surface area contributed by atoms with Gasteiger partial charge in [-0.25, -0.2) is 19.4 Å². The summed E-state index contributed by atoms with van der Waals surface area (Å²) in [5.74, 6) is 1.19. The van der Waals surface area contributed by atoms with Crippen LogP contribution in [0.15, 0.2) is 35.6 Å². The summed E-state index contributed by atoms with van der Waals surface area (Å²) in [4.78, 5) is 35.8. The number of anilines is 1. The van der Waals surface area contributed by atoms with Crippen molar-refractivity contribution in [1.29, 1.82) is 0 Å². The molecule has 3 aromatic rings. The van der Waals surface area contributed by atoms with Gasteiger partial charge in [0.15, 0.2) is 10.8 Å². The van der Waals surface area contributed by atoms with Crippen molar-refractivity contribution in [1.82, 2.24) is 25.1 Å². The molecule has 0 unspecified atom stereocenters. The Kier molecular flexibility index (Phi) is 6.89. The number of nitrogens with one attached hydrogen (secondary N) is 1. The van der Waals surface area contributed by atoms with E-state index in [1.807, 2.05) is 10.9 Å². The number of amides is 1. The van der Waals surface area contributed by atoms with Crippen molar-refractivity contribution in [2.24, 2.45) is 0 Å². The summed E-state index contributed by atoms with van der Waals surface area (Å²) in [7, 11) is 1.32. The Morgan fingerprint density at radius 2 is 1.84 bits per heavy atom. The van der Waals surface area contributed by atoms with E-state index in [0.29, 0.717) is 24.2 Å². The molecular weight excluding hydrogens is 428 g/mol. The third-order valence-electron chi connectivity index (χ3n) is 5.31. The van der Waals surface area contributed by atoms with E-state index in [1.54, 1.807) is 36.0 Å². The van der Waals surface area contributed by atoms with Gasteiger partial charge in [0.25, 0.3) is 5.91 Å². The smallest absolute Gasteiger partial charge is 0.337 e. The second kappa shape index (κ2) is 9.99. The minimum atomic E-state index is -0.432. The van der Waals surface area contributed by atoms with E-state index in [4.69, 9.17) is 9.97 Å². The molecule has 1 saturated heterocycles. The first-order valence-electron chi connectivity index (χ1n) is 10.7. The van der Waals surface area contributed by atoms with Gasteiger partial charge in [0, 0.05) is 25.2 Å². The SMILES string of the molecule is CCSc1nc(N2CCCC2)c2cnn(CCNC(=O)c3ccc(C(=O)OC)cc3)c2n1. The van der Waals surface area contributed by atoms with Crippen molar-refractivity contribution in [3.63, 3.8) is 0 Å². The number of carbonyl (C=O) groups excluding carboxylic acids is 2. The van der Waals surface area contributed by atoms with Crippen molar-refractivity contribution in [2.75, 3.05) is 37.4 Å². The van der Waals surface area contributed by atoms with Crippen LogP contribution in [0.3, 0.4) is 0 Å². The number of esters is 1. The Morgan fingerprint density at radius 1 is 1.12 bits per heavy atom. The number of thioether (sulfide) groups is 1. The predicted octanol–water partition coefficient (Wildman–Crippen LogP) is 2.76. The maximum Gasteiger partial charge on any atom is 0.337 e. The second-order valence-electron chi connectivity index (χ2n) is 7.39. The van der Waals surface area contributed by atoms with Gasteiger partial charge in [-0.3, -0.25) is 4.79 Å².